The zero-order chi connectivity index (χ0) is 30.7. The van der Waals surface area contributed by atoms with Crippen LogP contribution < -0.4 is 10.6 Å². The van der Waals surface area contributed by atoms with Crippen LogP contribution in [0.25, 0.3) is 15.9 Å². The molecule has 2 heterocycles. The number of oxazole rings is 1. The fourth-order valence-corrected chi connectivity index (χ4v) is 5.76. The molecule has 0 radical (unpaired) electrons. The quantitative estimate of drug-likeness (QED) is 0.148. The summed E-state index contributed by atoms with van der Waals surface area (Å²) in [4.78, 5) is 38.9. The molecule has 2 aromatic heterocycles. The maximum absolute atomic E-state index is 13.8. The number of pyridine rings is 1. The van der Waals surface area contributed by atoms with Gasteiger partial charge in [0, 0.05) is 29.5 Å². The highest BCUT2D eigenvalue weighted by atomic mass is 32.2. The molecule has 3 aromatic carbocycles. The number of carbonyl (C=O) groups is 2. The van der Waals surface area contributed by atoms with E-state index in [1.54, 1.807) is 30.3 Å². The van der Waals surface area contributed by atoms with E-state index in [-0.39, 0.29) is 11.6 Å². The molecule has 44 heavy (non-hydrogen) atoms. The number of benzene rings is 3. The molecule has 0 fully saturated rings. The van der Waals surface area contributed by atoms with E-state index in [0.29, 0.717) is 40.9 Å². The number of aliphatic hydroxyl groups excluding tert-OH is 1. The van der Waals surface area contributed by atoms with Crippen LogP contribution in [0, 0.1) is 6.57 Å². The van der Waals surface area contributed by atoms with Crippen LogP contribution in [0.2, 0.25) is 0 Å². The number of carbonyl (C=O) groups excluding carboxylic acids is 2. The van der Waals surface area contributed by atoms with Gasteiger partial charge in [-0.2, -0.15) is 11.8 Å². The van der Waals surface area contributed by atoms with Gasteiger partial charge in [0.1, 0.15) is 11.6 Å². The van der Waals surface area contributed by atoms with Crippen LogP contribution >= 0.6 is 11.8 Å². The predicted molar refractivity (Wildman–Crippen MR) is 170 cm³/mol. The third-order valence-electron chi connectivity index (χ3n) is 7.08. The lowest BCUT2D eigenvalue weighted by atomic mass is 10.0. The first-order valence-corrected chi connectivity index (χ1v) is 15.3. The van der Waals surface area contributed by atoms with Crippen LogP contribution in [0.4, 0.5) is 5.69 Å². The number of thioether (sulfide) groups is 1. The fourth-order valence-electron chi connectivity index (χ4n) is 4.70. The summed E-state index contributed by atoms with van der Waals surface area (Å²) in [5.41, 5.74) is 3.95. The van der Waals surface area contributed by atoms with Crippen LogP contribution in [-0.2, 0) is 17.0 Å². The highest BCUT2D eigenvalue weighted by Gasteiger charge is 2.30. The Balaban J connectivity index is 1.36. The van der Waals surface area contributed by atoms with Gasteiger partial charge in [-0.15, -0.1) is 0 Å². The summed E-state index contributed by atoms with van der Waals surface area (Å²) in [7, 11) is 0. The Bertz CT molecular complexity index is 1710. The van der Waals surface area contributed by atoms with Crippen LogP contribution in [0.1, 0.15) is 39.9 Å². The van der Waals surface area contributed by atoms with Gasteiger partial charge in [-0.3, -0.25) is 14.6 Å². The molecule has 5 aromatic rings. The highest BCUT2D eigenvalue weighted by Crippen LogP contribution is 2.26. The zero-order valence-electron chi connectivity index (χ0n) is 23.8. The van der Waals surface area contributed by atoms with Crippen molar-refractivity contribution in [2.75, 3.05) is 5.75 Å². The van der Waals surface area contributed by atoms with Gasteiger partial charge in [0.2, 0.25) is 11.8 Å². The Morgan fingerprint density at radius 2 is 1.66 bits per heavy atom. The van der Waals surface area contributed by atoms with Gasteiger partial charge in [0.25, 0.3) is 5.91 Å². The van der Waals surface area contributed by atoms with Crippen molar-refractivity contribution in [3.63, 3.8) is 0 Å². The van der Waals surface area contributed by atoms with Crippen molar-refractivity contribution in [1.82, 2.24) is 20.6 Å². The monoisotopic (exact) mass is 605 g/mol. The topological polar surface area (TPSA) is 122 Å². The number of aromatic nitrogens is 2. The molecule has 222 valence electrons. The number of aryl methyl sites for hydroxylation is 1. The normalized spacial score (nSPS) is 13.0. The minimum absolute atomic E-state index is 0.104. The summed E-state index contributed by atoms with van der Waals surface area (Å²) in [6, 6.07) is 25.8. The molecular formula is C34H31N5O4S. The Morgan fingerprint density at radius 1 is 0.932 bits per heavy atom. The van der Waals surface area contributed by atoms with E-state index in [0.717, 1.165) is 11.1 Å². The summed E-state index contributed by atoms with van der Waals surface area (Å²) in [6.45, 7) is 7.44. The number of hydrogen-bond acceptors (Lipinski definition) is 7. The van der Waals surface area contributed by atoms with Crippen molar-refractivity contribution < 1.29 is 19.1 Å². The Hall–Kier alpha value is -4.98. The van der Waals surface area contributed by atoms with E-state index in [1.807, 2.05) is 60.7 Å². The molecule has 0 saturated heterocycles. The Morgan fingerprint density at radius 3 is 2.43 bits per heavy atom. The van der Waals surface area contributed by atoms with Gasteiger partial charge in [0.15, 0.2) is 17.4 Å². The number of aliphatic hydroxyl groups is 1. The Kier molecular flexibility index (Phi) is 10.4. The second-order valence-electron chi connectivity index (χ2n) is 10.1. The van der Waals surface area contributed by atoms with E-state index in [2.05, 4.69) is 25.4 Å². The molecule has 0 aliphatic heterocycles. The molecule has 0 aliphatic rings. The molecule has 10 heteroatoms. The molecule has 3 atom stereocenters. The van der Waals surface area contributed by atoms with Gasteiger partial charge >= 0.3 is 0 Å². The van der Waals surface area contributed by atoms with Crippen molar-refractivity contribution >= 4 is 40.4 Å². The third kappa shape index (κ3) is 7.89. The molecule has 9 nitrogen and oxygen atoms in total. The van der Waals surface area contributed by atoms with Crippen molar-refractivity contribution in [3.8, 4) is 0 Å². The number of para-hydroxylation sites is 3. The SMILES string of the molecule is [C-]#[N+]c1ccccc1CSC[C@H](NC(=O)c1ccncc1)C(=O)N[C@@H](CCc1ccccc1)C(O)c1nc2ccccc2o1. The largest absolute Gasteiger partial charge is 0.438 e. The smallest absolute Gasteiger partial charge is 0.252 e. The molecule has 0 aliphatic carbocycles. The third-order valence-corrected chi connectivity index (χ3v) is 8.16. The average Bonchev–Trinajstić information content (AvgIpc) is 3.51. The fraction of sp³-hybridized carbons (Fsp3) is 0.206. The van der Waals surface area contributed by atoms with Crippen molar-refractivity contribution in [2.24, 2.45) is 0 Å². The maximum Gasteiger partial charge on any atom is 0.252 e. The van der Waals surface area contributed by atoms with Gasteiger partial charge in [-0.1, -0.05) is 66.7 Å². The summed E-state index contributed by atoms with van der Waals surface area (Å²) < 4.78 is 5.85. The Labute approximate surface area is 259 Å². The molecule has 0 bridgehead atoms. The van der Waals surface area contributed by atoms with E-state index in [4.69, 9.17) is 11.0 Å². The second-order valence-corrected chi connectivity index (χ2v) is 11.2. The molecule has 0 saturated carbocycles. The number of amides is 2. The maximum atomic E-state index is 13.8. The number of nitrogens with one attached hydrogen (secondary N) is 2. The minimum atomic E-state index is -1.23. The standard InChI is InChI=1S/C34H31N5O4S/c1-35-26-12-6-5-11-25(26)21-44-22-29(38-32(41)24-17-19-36-20-18-24)33(42)37-28(16-15-23-9-3-2-4-10-23)31(40)34-39-27-13-7-8-14-30(27)43-34/h2-14,17-20,28-29,31,40H,15-16,21-22H2,(H,37,42)(H,38,41)/t28-,29-,31?/m0/s1. The summed E-state index contributed by atoms with van der Waals surface area (Å²) in [6.07, 6.45) is 2.77. The lowest BCUT2D eigenvalue weighted by Gasteiger charge is -2.26. The average molecular weight is 606 g/mol. The molecule has 5 rings (SSSR count). The summed E-state index contributed by atoms with van der Waals surface area (Å²) in [5.74, 6) is -0.0517. The first kappa shape index (κ1) is 30.5. The lowest BCUT2D eigenvalue weighted by Crippen LogP contribution is -2.52. The van der Waals surface area contributed by atoms with Crippen LogP contribution in [0.5, 0.6) is 0 Å². The van der Waals surface area contributed by atoms with Crippen LogP contribution in [0.3, 0.4) is 0 Å². The predicted octanol–water partition coefficient (Wildman–Crippen LogP) is 5.66. The van der Waals surface area contributed by atoms with Gasteiger partial charge in [-0.05, 0) is 48.2 Å². The number of hydrogen-bond donors (Lipinski definition) is 3. The molecular weight excluding hydrogens is 574 g/mol. The minimum Gasteiger partial charge on any atom is -0.438 e. The first-order valence-electron chi connectivity index (χ1n) is 14.1. The summed E-state index contributed by atoms with van der Waals surface area (Å²) >= 11 is 1.43. The second kappa shape index (κ2) is 15.0. The van der Waals surface area contributed by atoms with Gasteiger partial charge in [-0.25, -0.2) is 9.83 Å². The van der Waals surface area contributed by atoms with E-state index < -0.39 is 30.0 Å². The van der Waals surface area contributed by atoms with Gasteiger partial charge in [0.05, 0.1) is 12.6 Å². The van der Waals surface area contributed by atoms with Crippen molar-refractivity contribution in [3.05, 3.63) is 137 Å². The van der Waals surface area contributed by atoms with Crippen molar-refractivity contribution in [1.29, 1.82) is 0 Å². The van der Waals surface area contributed by atoms with Crippen LogP contribution in [0.15, 0.2) is 108 Å². The summed E-state index contributed by atoms with van der Waals surface area (Å²) in [5, 5.41) is 17.3. The van der Waals surface area contributed by atoms with E-state index in [1.165, 1.54) is 24.2 Å². The van der Waals surface area contributed by atoms with Crippen molar-refractivity contribution in [2.45, 2.75) is 36.8 Å². The molecule has 2 amide bonds. The van der Waals surface area contributed by atoms with E-state index >= 15 is 0 Å². The molecule has 0 spiro atoms. The van der Waals surface area contributed by atoms with E-state index in [9.17, 15) is 14.7 Å². The van der Waals surface area contributed by atoms with Crippen LogP contribution in [-0.4, -0.2) is 44.7 Å². The van der Waals surface area contributed by atoms with Gasteiger partial charge < -0.3 is 20.2 Å². The molecule has 3 N–H and O–H groups in total. The lowest BCUT2D eigenvalue weighted by molar-refractivity contribution is -0.124. The number of fused-ring (bicyclic) bond motifs is 1. The zero-order valence-corrected chi connectivity index (χ0v) is 24.6. The highest BCUT2D eigenvalue weighted by molar-refractivity contribution is 7.98. The number of nitrogens with zero attached hydrogens (tertiary/aromatic N) is 3. The first-order chi connectivity index (χ1) is 21.5. The number of rotatable bonds is 13. The molecule has 1 unspecified atom stereocenters.